The van der Waals surface area contributed by atoms with Crippen LogP contribution in [0.3, 0.4) is 0 Å². The van der Waals surface area contributed by atoms with E-state index < -0.39 is 11.7 Å². The number of benzene rings is 1. The number of rotatable bonds is 6. The first-order chi connectivity index (χ1) is 9.97. The number of aryl methyl sites for hydroxylation is 2. The summed E-state index contributed by atoms with van der Waals surface area (Å²) in [6.45, 7) is 2.62. The van der Waals surface area contributed by atoms with E-state index in [0.29, 0.717) is 12.2 Å². The standard InChI is InChI=1S/C15H17F3N2O/c1-11-14(20-10-19-11)6-3-7-21-9-12-4-2-5-13(8-12)15(16,17)18/h2,4-5,8,10H,3,6-7,9H2,1H3,(H,19,20). The second-order valence-corrected chi connectivity index (χ2v) is 4.83. The predicted molar refractivity (Wildman–Crippen MR) is 72.7 cm³/mol. The van der Waals surface area contributed by atoms with Gasteiger partial charge in [-0.15, -0.1) is 0 Å². The van der Waals surface area contributed by atoms with Gasteiger partial charge in [-0.2, -0.15) is 13.2 Å². The Kier molecular flexibility index (Phi) is 5.01. The molecule has 1 N–H and O–H groups in total. The Balaban J connectivity index is 1.75. The molecule has 1 heterocycles. The van der Waals surface area contributed by atoms with Gasteiger partial charge in [0.05, 0.1) is 24.2 Å². The minimum atomic E-state index is -4.31. The van der Waals surface area contributed by atoms with Crippen molar-refractivity contribution in [3.63, 3.8) is 0 Å². The number of hydrogen-bond donors (Lipinski definition) is 1. The molecule has 0 fully saturated rings. The number of nitrogens with one attached hydrogen (secondary N) is 1. The lowest BCUT2D eigenvalue weighted by Crippen LogP contribution is -2.06. The van der Waals surface area contributed by atoms with E-state index in [0.717, 1.165) is 36.4 Å². The van der Waals surface area contributed by atoms with Gasteiger partial charge in [-0.1, -0.05) is 12.1 Å². The Labute approximate surface area is 121 Å². The lowest BCUT2D eigenvalue weighted by Gasteiger charge is -2.09. The van der Waals surface area contributed by atoms with E-state index in [1.54, 1.807) is 12.4 Å². The molecule has 0 spiro atoms. The van der Waals surface area contributed by atoms with Crippen LogP contribution in [0.1, 0.15) is 28.9 Å². The summed E-state index contributed by atoms with van der Waals surface area (Å²) < 4.78 is 43.1. The van der Waals surface area contributed by atoms with Crippen molar-refractivity contribution >= 4 is 0 Å². The van der Waals surface area contributed by atoms with Crippen LogP contribution in [0.2, 0.25) is 0 Å². The van der Waals surface area contributed by atoms with Crippen molar-refractivity contribution in [2.24, 2.45) is 0 Å². The lowest BCUT2D eigenvalue weighted by molar-refractivity contribution is -0.137. The van der Waals surface area contributed by atoms with Gasteiger partial charge in [0.25, 0.3) is 0 Å². The van der Waals surface area contributed by atoms with E-state index in [1.807, 2.05) is 6.92 Å². The first kappa shape index (κ1) is 15.6. The van der Waals surface area contributed by atoms with Gasteiger partial charge in [0.15, 0.2) is 0 Å². The number of hydrogen-bond acceptors (Lipinski definition) is 2. The molecule has 2 rings (SSSR count). The van der Waals surface area contributed by atoms with Gasteiger partial charge < -0.3 is 9.72 Å². The van der Waals surface area contributed by atoms with Crippen molar-refractivity contribution in [2.45, 2.75) is 32.5 Å². The molecule has 0 radical (unpaired) electrons. The van der Waals surface area contributed by atoms with Gasteiger partial charge in [0.2, 0.25) is 0 Å². The van der Waals surface area contributed by atoms with Crippen LogP contribution in [-0.4, -0.2) is 16.6 Å². The SMILES string of the molecule is Cc1[nH]cnc1CCCOCc1cccc(C(F)(F)F)c1. The molecule has 3 nitrogen and oxygen atoms in total. The zero-order chi connectivity index (χ0) is 15.3. The van der Waals surface area contributed by atoms with Gasteiger partial charge in [0.1, 0.15) is 0 Å². The van der Waals surface area contributed by atoms with E-state index in [1.165, 1.54) is 6.07 Å². The van der Waals surface area contributed by atoms with Gasteiger partial charge in [-0.3, -0.25) is 0 Å². The topological polar surface area (TPSA) is 37.9 Å². The Morgan fingerprint density at radius 3 is 2.76 bits per heavy atom. The van der Waals surface area contributed by atoms with Crippen LogP contribution in [0.15, 0.2) is 30.6 Å². The number of ether oxygens (including phenoxy) is 1. The maximum absolute atomic E-state index is 12.6. The highest BCUT2D eigenvalue weighted by atomic mass is 19.4. The largest absolute Gasteiger partial charge is 0.416 e. The maximum Gasteiger partial charge on any atom is 0.416 e. The summed E-state index contributed by atoms with van der Waals surface area (Å²) in [7, 11) is 0. The van der Waals surface area contributed by atoms with Gasteiger partial charge in [-0.05, 0) is 37.5 Å². The van der Waals surface area contributed by atoms with Gasteiger partial charge in [0, 0.05) is 12.3 Å². The molecule has 0 aliphatic carbocycles. The molecule has 1 aromatic heterocycles. The van der Waals surface area contributed by atoms with Gasteiger partial charge in [-0.25, -0.2) is 4.98 Å². The summed E-state index contributed by atoms with van der Waals surface area (Å²) in [5.41, 5.74) is 1.92. The minimum absolute atomic E-state index is 0.184. The van der Waals surface area contributed by atoms with Crippen LogP contribution >= 0.6 is 0 Å². The highest BCUT2D eigenvalue weighted by molar-refractivity contribution is 5.25. The van der Waals surface area contributed by atoms with Crippen molar-refractivity contribution in [1.82, 2.24) is 9.97 Å². The quantitative estimate of drug-likeness (QED) is 0.822. The molecular weight excluding hydrogens is 281 g/mol. The Morgan fingerprint density at radius 1 is 1.29 bits per heavy atom. The molecule has 21 heavy (non-hydrogen) atoms. The number of halogens is 3. The highest BCUT2D eigenvalue weighted by Gasteiger charge is 2.30. The second kappa shape index (κ2) is 6.76. The number of imidazole rings is 1. The van der Waals surface area contributed by atoms with E-state index in [-0.39, 0.29) is 6.61 Å². The van der Waals surface area contributed by atoms with Crippen LogP contribution in [-0.2, 0) is 23.9 Å². The summed E-state index contributed by atoms with van der Waals surface area (Å²) in [5, 5.41) is 0. The van der Waals surface area contributed by atoms with Crippen molar-refractivity contribution in [3.05, 3.63) is 53.1 Å². The monoisotopic (exact) mass is 298 g/mol. The Bertz CT molecular complexity index is 578. The predicted octanol–water partition coefficient (Wildman–Crippen LogP) is 3.89. The van der Waals surface area contributed by atoms with Crippen molar-refractivity contribution in [3.8, 4) is 0 Å². The van der Waals surface area contributed by atoms with Crippen LogP contribution in [0.4, 0.5) is 13.2 Å². The highest BCUT2D eigenvalue weighted by Crippen LogP contribution is 2.29. The Morgan fingerprint density at radius 2 is 2.10 bits per heavy atom. The maximum atomic E-state index is 12.6. The third-order valence-electron chi connectivity index (χ3n) is 3.16. The molecule has 0 saturated carbocycles. The number of alkyl halides is 3. The molecule has 0 unspecified atom stereocenters. The number of H-pyrrole nitrogens is 1. The molecular formula is C15H17F3N2O. The summed E-state index contributed by atoms with van der Waals surface area (Å²) in [5.74, 6) is 0. The smallest absolute Gasteiger partial charge is 0.377 e. The fourth-order valence-electron chi connectivity index (χ4n) is 2.01. The first-order valence-electron chi connectivity index (χ1n) is 6.69. The third kappa shape index (κ3) is 4.60. The molecule has 0 amide bonds. The molecule has 0 atom stereocenters. The average Bonchev–Trinajstić information content (AvgIpc) is 2.83. The van der Waals surface area contributed by atoms with Crippen molar-refractivity contribution < 1.29 is 17.9 Å². The molecule has 6 heteroatoms. The van der Waals surface area contributed by atoms with Crippen LogP contribution in [0, 0.1) is 6.92 Å². The van der Waals surface area contributed by atoms with Crippen molar-refractivity contribution in [2.75, 3.05) is 6.61 Å². The fraction of sp³-hybridized carbons (Fsp3) is 0.400. The van der Waals surface area contributed by atoms with Crippen LogP contribution in [0.5, 0.6) is 0 Å². The zero-order valence-corrected chi connectivity index (χ0v) is 11.7. The molecule has 0 saturated heterocycles. The normalized spacial score (nSPS) is 11.8. The lowest BCUT2D eigenvalue weighted by atomic mass is 10.1. The molecule has 114 valence electrons. The number of aromatic nitrogens is 2. The van der Waals surface area contributed by atoms with E-state index in [4.69, 9.17) is 4.74 Å². The third-order valence-corrected chi connectivity index (χ3v) is 3.16. The van der Waals surface area contributed by atoms with Crippen LogP contribution < -0.4 is 0 Å². The molecule has 0 aliphatic heterocycles. The van der Waals surface area contributed by atoms with Gasteiger partial charge >= 0.3 is 6.18 Å². The van der Waals surface area contributed by atoms with Crippen LogP contribution in [0.25, 0.3) is 0 Å². The second-order valence-electron chi connectivity index (χ2n) is 4.83. The van der Waals surface area contributed by atoms with E-state index >= 15 is 0 Å². The molecule has 2 aromatic rings. The molecule has 1 aromatic carbocycles. The Hall–Kier alpha value is -1.82. The average molecular weight is 298 g/mol. The summed E-state index contributed by atoms with van der Waals surface area (Å²) in [6, 6.07) is 5.21. The number of aromatic amines is 1. The fourth-order valence-corrected chi connectivity index (χ4v) is 2.01. The molecule has 0 bridgehead atoms. The van der Waals surface area contributed by atoms with E-state index in [9.17, 15) is 13.2 Å². The minimum Gasteiger partial charge on any atom is -0.377 e. The summed E-state index contributed by atoms with van der Waals surface area (Å²) >= 11 is 0. The number of nitrogens with zero attached hydrogens (tertiary/aromatic N) is 1. The first-order valence-corrected chi connectivity index (χ1v) is 6.69. The summed E-state index contributed by atoms with van der Waals surface area (Å²) in [4.78, 5) is 7.17. The van der Waals surface area contributed by atoms with Crippen molar-refractivity contribution in [1.29, 1.82) is 0 Å². The zero-order valence-electron chi connectivity index (χ0n) is 11.7. The molecule has 0 aliphatic rings. The summed E-state index contributed by atoms with van der Waals surface area (Å²) in [6.07, 6.45) is -1.09. The van der Waals surface area contributed by atoms with E-state index in [2.05, 4.69) is 9.97 Å².